The molecule has 0 aromatic heterocycles. The highest BCUT2D eigenvalue weighted by Gasteiger charge is 2.30. The Kier molecular flexibility index (Phi) is 8.55. The van der Waals surface area contributed by atoms with Gasteiger partial charge in [0.1, 0.15) is 5.75 Å². The zero-order valence-corrected chi connectivity index (χ0v) is 17.9. The lowest BCUT2D eigenvalue weighted by atomic mass is 9.99. The summed E-state index contributed by atoms with van der Waals surface area (Å²) in [6, 6.07) is 7.07. The summed E-state index contributed by atoms with van der Waals surface area (Å²) in [4.78, 5) is 12.2. The summed E-state index contributed by atoms with van der Waals surface area (Å²) < 4.78 is 32.4. The van der Waals surface area contributed by atoms with Crippen LogP contribution in [0.15, 0.2) is 24.3 Å². The van der Waals surface area contributed by atoms with Gasteiger partial charge in [-0.3, -0.25) is 4.79 Å². The number of halogens is 1. The van der Waals surface area contributed by atoms with Gasteiger partial charge in [0.15, 0.2) is 0 Å². The van der Waals surface area contributed by atoms with Gasteiger partial charge in [0.05, 0.1) is 18.9 Å². The van der Waals surface area contributed by atoms with Gasteiger partial charge >= 0.3 is 0 Å². The zero-order valence-electron chi connectivity index (χ0n) is 16.2. The Morgan fingerprint density at radius 1 is 1.32 bits per heavy atom. The molecule has 0 radical (unpaired) electrons. The number of amides is 1. The van der Waals surface area contributed by atoms with Crippen LogP contribution in [0.1, 0.15) is 31.2 Å². The van der Waals surface area contributed by atoms with Crippen LogP contribution in [-0.4, -0.2) is 58.0 Å². The monoisotopic (exact) mass is 431 g/mol. The number of benzene rings is 1. The molecule has 158 valence electrons. The predicted octanol–water partition coefficient (Wildman–Crippen LogP) is 1.53. The van der Waals surface area contributed by atoms with Crippen LogP contribution in [0.5, 0.6) is 5.75 Å². The number of sulfonamides is 1. The fourth-order valence-corrected chi connectivity index (χ4v) is 5.42. The van der Waals surface area contributed by atoms with E-state index >= 15 is 0 Å². The molecular formula is C19H30ClN3O4S. The molecule has 2 atom stereocenters. The van der Waals surface area contributed by atoms with Crippen LogP contribution in [0.3, 0.4) is 0 Å². The molecule has 2 fully saturated rings. The minimum Gasteiger partial charge on any atom is -0.497 e. The van der Waals surface area contributed by atoms with E-state index in [1.165, 1.54) is 0 Å². The van der Waals surface area contributed by atoms with Gasteiger partial charge in [-0.15, -0.1) is 12.4 Å². The molecule has 1 aromatic carbocycles. The van der Waals surface area contributed by atoms with Crippen LogP contribution in [0, 0.1) is 5.92 Å². The number of hydrogen-bond acceptors (Lipinski definition) is 5. The van der Waals surface area contributed by atoms with Crippen molar-refractivity contribution in [2.45, 2.75) is 37.5 Å². The molecule has 2 saturated heterocycles. The smallest absolute Gasteiger partial charge is 0.237 e. The maximum absolute atomic E-state index is 12.8. The lowest BCUT2D eigenvalue weighted by molar-refractivity contribution is -0.123. The third-order valence-corrected chi connectivity index (χ3v) is 7.12. The molecule has 1 aromatic rings. The van der Waals surface area contributed by atoms with Crippen molar-refractivity contribution in [1.29, 1.82) is 0 Å². The van der Waals surface area contributed by atoms with Gasteiger partial charge in [0.25, 0.3) is 0 Å². The second kappa shape index (κ2) is 10.4. The normalized spacial score (nSPS) is 23.0. The van der Waals surface area contributed by atoms with Crippen LogP contribution in [0.2, 0.25) is 0 Å². The molecular weight excluding hydrogens is 402 g/mol. The van der Waals surface area contributed by atoms with Crippen molar-refractivity contribution in [3.05, 3.63) is 29.8 Å². The Morgan fingerprint density at radius 2 is 2.14 bits per heavy atom. The average Bonchev–Trinajstić information content (AvgIpc) is 3.21. The Balaban J connectivity index is 0.00000280. The van der Waals surface area contributed by atoms with Gasteiger partial charge in [-0.2, -0.15) is 0 Å². The molecule has 2 N–H and O–H groups in total. The molecule has 0 aliphatic carbocycles. The summed E-state index contributed by atoms with van der Waals surface area (Å²) in [6.45, 7) is 2.42. The minimum absolute atomic E-state index is 0. The van der Waals surface area contributed by atoms with Crippen molar-refractivity contribution in [2.24, 2.45) is 5.92 Å². The minimum atomic E-state index is -3.40. The molecule has 0 spiro atoms. The molecule has 7 nitrogen and oxygen atoms in total. The number of ether oxygens (including phenoxy) is 1. The first kappa shape index (κ1) is 22.9. The average molecular weight is 432 g/mol. The number of carbonyl (C=O) groups excluding carboxylic acids is 1. The van der Waals surface area contributed by atoms with E-state index in [4.69, 9.17) is 4.74 Å². The van der Waals surface area contributed by atoms with E-state index in [1.807, 2.05) is 0 Å². The lowest BCUT2D eigenvalue weighted by Gasteiger charge is -2.32. The quantitative estimate of drug-likeness (QED) is 0.683. The van der Waals surface area contributed by atoms with Crippen LogP contribution in [0.4, 0.5) is 0 Å². The number of carbonyl (C=O) groups is 1. The fourth-order valence-electron chi connectivity index (χ4n) is 3.79. The second-order valence-electron chi connectivity index (χ2n) is 7.37. The van der Waals surface area contributed by atoms with E-state index in [0.717, 1.165) is 37.8 Å². The Labute approximate surface area is 173 Å². The Morgan fingerprint density at radius 3 is 2.86 bits per heavy atom. The SMILES string of the molecule is COc1cccc(CS(=O)(=O)N2CCCC(CNC(=O)C3CCCN3)C2)c1.Cl. The third kappa shape index (κ3) is 6.07. The molecule has 2 unspecified atom stereocenters. The largest absolute Gasteiger partial charge is 0.497 e. The summed E-state index contributed by atoms with van der Waals surface area (Å²) in [5.74, 6) is 0.811. The predicted molar refractivity (Wildman–Crippen MR) is 111 cm³/mol. The zero-order chi connectivity index (χ0) is 19.3. The van der Waals surface area contributed by atoms with Gasteiger partial charge in [0, 0.05) is 19.6 Å². The lowest BCUT2D eigenvalue weighted by Crippen LogP contribution is -2.46. The molecule has 0 saturated carbocycles. The van der Waals surface area contributed by atoms with Crippen molar-refractivity contribution in [3.63, 3.8) is 0 Å². The van der Waals surface area contributed by atoms with Crippen molar-refractivity contribution in [1.82, 2.24) is 14.9 Å². The highest BCUT2D eigenvalue weighted by atomic mass is 35.5. The third-order valence-electron chi connectivity index (χ3n) is 5.30. The van der Waals surface area contributed by atoms with E-state index < -0.39 is 10.0 Å². The summed E-state index contributed by atoms with van der Waals surface area (Å²) >= 11 is 0. The van der Waals surface area contributed by atoms with E-state index in [1.54, 1.807) is 35.7 Å². The van der Waals surface area contributed by atoms with Gasteiger partial charge < -0.3 is 15.4 Å². The number of methoxy groups -OCH3 is 1. The first-order valence-electron chi connectivity index (χ1n) is 9.60. The Hall–Kier alpha value is -1.35. The molecule has 28 heavy (non-hydrogen) atoms. The number of rotatable bonds is 7. The first-order chi connectivity index (χ1) is 13.0. The number of piperidine rings is 1. The maximum Gasteiger partial charge on any atom is 0.237 e. The van der Waals surface area contributed by atoms with E-state index in [9.17, 15) is 13.2 Å². The van der Waals surface area contributed by atoms with Crippen LogP contribution >= 0.6 is 12.4 Å². The van der Waals surface area contributed by atoms with Gasteiger partial charge in [-0.1, -0.05) is 12.1 Å². The summed E-state index contributed by atoms with van der Waals surface area (Å²) in [7, 11) is -1.83. The molecule has 2 aliphatic rings. The van der Waals surface area contributed by atoms with Gasteiger partial charge in [0.2, 0.25) is 15.9 Å². The number of hydrogen-bond donors (Lipinski definition) is 2. The summed E-state index contributed by atoms with van der Waals surface area (Å²) in [6.07, 6.45) is 3.65. The van der Waals surface area contributed by atoms with Gasteiger partial charge in [-0.25, -0.2) is 12.7 Å². The highest BCUT2D eigenvalue weighted by Crippen LogP contribution is 2.22. The van der Waals surface area contributed by atoms with Gasteiger partial charge in [-0.05, 0) is 55.8 Å². The molecule has 9 heteroatoms. The highest BCUT2D eigenvalue weighted by molar-refractivity contribution is 7.88. The maximum atomic E-state index is 12.8. The Bertz CT molecular complexity index is 753. The van der Waals surface area contributed by atoms with Crippen LogP contribution in [0.25, 0.3) is 0 Å². The fraction of sp³-hybridized carbons (Fsp3) is 0.632. The molecule has 2 aliphatic heterocycles. The summed E-state index contributed by atoms with van der Waals surface area (Å²) in [5, 5.41) is 6.18. The van der Waals surface area contributed by atoms with Crippen molar-refractivity contribution in [3.8, 4) is 5.75 Å². The van der Waals surface area contributed by atoms with Crippen molar-refractivity contribution in [2.75, 3.05) is 33.3 Å². The van der Waals surface area contributed by atoms with Crippen molar-refractivity contribution < 1.29 is 17.9 Å². The van der Waals surface area contributed by atoms with Crippen LogP contribution < -0.4 is 15.4 Å². The summed E-state index contributed by atoms with van der Waals surface area (Å²) in [5.41, 5.74) is 0.720. The van der Waals surface area contributed by atoms with E-state index in [0.29, 0.717) is 25.4 Å². The number of nitrogens with one attached hydrogen (secondary N) is 2. The molecule has 0 bridgehead atoms. The van der Waals surface area contributed by atoms with Crippen molar-refractivity contribution >= 4 is 28.3 Å². The molecule has 3 rings (SSSR count). The van der Waals surface area contributed by atoms with E-state index in [2.05, 4.69) is 10.6 Å². The standard InChI is InChI=1S/C19H29N3O4S.ClH/c1-26-17-7-2-5-15(11-17)14-27(24,25)22-10-4-6-16(13-22)12-21-19(23)18-8-3-9-20-18;/h2,5,7,11,16,18,20H,3-4,6,8-10,12-14H2,1H3,(H,21,23);1H. The number of nitrogens with zero attached hydrogens (tertiary/aromatic N) is 1. The van der Waals surface area contributed by atoms with Crippen LogP contribution in [-0.2, 0) is 20.6 Å². The topological polar surface area (TPSA) is 87.7 Å². The molecule has 2 heterocycles. The molecule has 1 amide bonds. The first-order valence-corrected chi connectivity index (χ1v) is 11.2. The second-order valence-corrected chi connectivity index (χ2v) is 9.34. The van der Waals surface area contributed by atoms with E-state index in [-0.39, 0.29) is 36.0 Å².